The van der Waals surface area contributed by atoms with Crippen LogP contribution in [0.2, 0.25) is 0 Å². The van der Waals surface area contributed by atoms with Gasteiger partial charge >= 0.3 is 0 Å². The Morgan fingerprint density at radius 1 is 1.62 bits per heavy atom. The monoisotopic (exact) mass is 178 g/mol. The lowest BCUT2D eigenvalue weighted by molar-refractivity contribution is 0.268. The summed E-state index contributed by atoms with van der Waals surface area (Å²) in [5.74, 6) is 0. The second kappa shape index (κ2) is 3.12. The van der Waals surface area contributed by atoms with E-state index >= 15 is 0 Å². The predicted molar refractivity (Wildman–Crippen MR) is 47.0 cm³/mol. The van der Waals surface area contributed by atoms with Crippen molar-refractivity contribution >= 4 is 5.65 Å². The summed E-state index contributed by atoms with van der Waals surface area (Å²) in [7, 11) is 0. The van der Waals surface area contributed by atoms with Crippen molar-refractivity contribution in [2.75, 3.05) is 6.61 Å². The molecule has 0 saturated heterocycles. The molecule has 3 N–H and O–H groups in total. The smallest absolute Gasteiger partial charge is 0.155 e. The van der Waals surface area contributed by atoms with Gasteiger partial charge in [-0.05, 0) is 17.7 Å². The molecule has 0 fully saturated rings. The van der Waals surface area contributed by atoms with Crippen LogP contribution in [0.15, 0.2) is 24.7 Å². The molecular formula is C8H10N4O. The molecule has 68 valence electrons. The number of pyridine rings is 1. The quantitative estimate of drug-likeness (QED) is 0.663. The molecule has 0 aliphatic heterocycles. The summed E-state index contributed by atoms with van der Waals surface area (Å²) in [6, 6.07) is 3.29. The second-order valence-corrected chi connectivity index (χ2v) is 2.81. The van der Waals surface area contributed by atoms with Gasteiger partial charge in [0.15, 0.2) is 5.65 Å². The highest BCUT2D eigenvalue weighted by molar-refractivity contribution is 5.40. The Morgan fingerprint density at radius 3 is 3.23 bits per heavy atom. The molecule has 5 nitrogen and oxygen atoms in total. The van der Waals surface area contributed by atoms with E-state index in [2.05, 4.69) is 10.1 Å². The van der Waals surface area contributed by atoms with E-state index in [4.69, 9.17) is 10.8 Å². The second-order valence-electron chi connectivity index (χ2n) is 2.81. The molecule has 0 radical (unpaired) electrons. The van der Waals surface area contributed by atoms with Gasteiger partial charge in [-0.2, -0.15) is 5.10 Å². The number of hydrogen-bond donors (Lipinski definition) is 2. The van der Waals surface area contributed by atoms with E-state index in [1.54, 1.807) is 10.7 Å². The van der Waals surface area contributed by atoms with Crippen LogP contribution in [0.1, 0.15) is 11.6 Å². The number of hydrogen-bond acceptors (Lipinski definition) is 4. The minimum atomic E-state index is -0.346. The zero-order valence-electron chi connectivity index (χ0n) is 6.96. The van der Waals surface area contributed by atoms with Crippen molar-refractivity contribution in [3.05, 3.63) is 30.2 Å². The van der Waals surface area contributed by atoms with E-state index in [0.29, 0.717) is 0 Å². The molecule has 0 spiro atoms. The third kappa shape index (κ3) is 1.39. The Labute approximate surface area is 74.8 Å². The van der Waals surface area contributed by atoms with Crippen molar-refractivity contribution in [2.45, 2.75) is 6.04 Å². The third-order valence-corrected chi connectivity index (χ3v) is 1.93. The zero-order valence-corrected chi connectivity index (χ0v) is 6.96. The number of aromatic nitrogens is 3. The van der Waals surface area contributed by atoms with Gasteiger partial charge in [0.2, 0.25) is 0 Å². The predicted octanol–water partition coefficient (Wildman–Crippen LogP) is -0.279. The molecule has 2 heterocycles. The standard InChI is InChI=1S/C8H10N4O/c9-7(4-13)6-1-2-12-8(3-6)10-5-11-12/h1-3,5,7,13H,4,9H2. The highest BCUT2D eigenvalue weighted by Gasteiger charge is 2.05. The fourth-order valence-electron chi connectivity index (χ4n) is 1.17. The van der Waals surface area contributed by atoms with Gasteiger partial charge in [0.05, 0.1) is 12.6 Å². The Hall–Kier alpha value is -1.46. The average Bonchev–Trinajstić information content (AvgIpc) is 2.63. The molecule has 0 amide bonds. The minimum absolute atomic E-state index is 0.0652. The summed E-state index contributed by atoms with van der Waals surface area (Å²) in [5, 5.41) is 12.8. The lowest BCUT2D eigenvalue weighted by atomic mass is 10.1. The fraction of sp³-hybridized carbons (Fsp3) is 0.250. The van der Waals surface area contributed by atoms with Crippen LogP contribution in [0.3, 0.4) is 0 Å². The third-order valence-electron chi connectivity index (χ3n) is 1.93. The van der Waals surface area contributed by atoms with Gasteiger partial charge in [0, 0.05) is 6.20 Å². The number of aliphatic hydroxyl groups excluding tert-OH is 1. The van der Waals surface area contributed by atoms with Crippen molar-refractivity contribution in [3.8, 4) is 0 Å². The first-order chi connectivity index (χ1) is 6.31. The van der Waals surface area contributed by atoms with Crippen molar-refractivity contribution in [1.82, 2.24) is 14.6 Å². The summed E-state index contributed by atoms with van der Waals surface area (Å²) < 4.78 is 1.65. The van der Waals surface area contributed by atoms with Gasteiger partial charge in [0.1, 0.15) is 6.33 Å². The van der Waals surface area contributed by atoms with Crippen molar-refractivity contribution in [1.29, 1.82) is 0 Å². The first-order valence-corrected chi connectivity index (χ1v) is 3.97. The number of aliphatic hydroxyl groups is 1. The lowest BCUT2D eigenvalue weighted by Crippen LogP contribution is -2.14. The van der Waals surface area contributed by atoms with Crippen LogP contribution in [0.4, 0.5) is 0 Å². The van der Waals surface area contributed by atoms with Gasteiger partial charge in [-0.15, -0.1) is 0 Å². The molecule has 2 aromatic heterocycles. The first-order valence-electron chi connectivity index (χ1n) is 3.97. The van der Waals surface area contributed by atoms with E-state index in [0.717, 1.165) is 11.2 Å². The van der Waals surface area contributed by atoms with Gasteiger partial charge in [-0.1, -0.05) is 0 Å². The van der Waals surface area contributed by atoms with Crippen LogP contribution in [-0.4, -0.2) is 26.3 Å². The summed E-state index contributed by atoms with van der Waals surface area (Å²) in [6.45, 7) is -0.0652. The minimum Gasteiger partial charge on any atom is -0.394 e. The van der Waals surface area contributed by atoms with E-state index in [1.807, 2.05) is 12.1 Å². The lowest BCUT2D eigenvalue weighted by Gasteiger charge is -2.07. The largest absolute Gasteiger partial charge is 0.394 e. The summed E-state index contributed by atoms with van der Waals surface area (Å²) >= 11 is 0. The number of rotatable bonds is 2. The SMILES string of the molecule is NC(CO)c1ccn2ncnc2c1. The Balaban J connectivity index is 2.48. The van der Waals surface area contributed by atoms with Crippen LogP contribution in [0.5, 0.6) is 0 Å². The maximum Gasteiger partial charge on any atom is 0.155 e. The molecule has 0 bridgehead atoms. The Morgan fingerprint density at radius 2 is 2.46 bits per heavy atom. The van der Waals surface area contributed by atoms with Crippen LogP contribution in [0, 0.1) is 0 Å². The molecule has 0 aromatic carbocycles. The normalized spacial score (nSPS) is 13.4. The summed E-state index contributed by atoms with van der Waals surface area (Å²) in [6.07, 6.45) is 3.25. The molecule has 1 unspecified atom stereocenters. The van der Waals surface area contributed by atoms with Crippen LogP contribution in [0.25, 0.3) is 5.65 Å². The number of fused-ring (bicyclic) bond motifs is 1. The van der Waals surface area contributed by atoms with Crippen LogP contribution in [-0.2, 0) is 0 Å². The molecule has 2 rings (SSSR count). The van der Waals surface area contributed by atoms with Gasteiger partial charge in [-0.3, -0.25) is 0 Å². The van der Waals surface area contributed by atoms with E-state index in [1.165, 1.54) is 6.33 Å². The molecule has 0 aliphatic carbocycles. The Bertz CT molecular complexity index is 411. The number of nitrogens with two attached hydrogens (primary N) is 1. The molecule has 0 saturated carbocycles. The maximum atomic E-state index is 8.84. The fourth-order valence-corrected chi connectivity index (χ4v) is 1.17. The van der Waals surface area contributed by atoms with Gasteiger partial charge < -0.3 is 10.8 Å². The van der Waals surface area contributed by atoms with Crippen LogP contribution < -0.4 is 5.73 Å². The van der Waals surface area contributed by atoms with Crippen LogP contribution >= 0.6 is 0 Å². The zero-order chi connectivity index (χ0) is 9.26. The van der Waals surface area contributed by atoms with E-state index < -0.39 is 0 Å². The highest BCUT2D eigenvalue weighted by Crippen LogP contribution is 2.10. The molecule has 5 heteroatoms. The average molecular weight is 178 g/mol. The first kappa shape index (κ1) is 8.15. The number of nitrogens with zero attached hydrogens (tertiary/aromatic N) is 3. The van der Waals surface area contributed by atoms with Crippen molar-refractivity contribution in [2.24, 2.45) is 5.73 Å². The van der Waals surface area contributed by atoms with Gasteiger partial charge in [0.25, 0.3) is 0 Å². The molecule has 0 aliphatic rings. The van der Waals surface area contributed by atoms with E-state index in [9.17, 15) is 0 Å². The molecular weight excluding hydrogens is 168 g/mol. The summed E-state index contributed by atoms with van der Waals surface area (Å²) in [4.78, 5) is 4.01. The van der Waals surface area contributed by atoms with Crippen molar-refractivity contribution in [3.63, 3.8) is 0 Å². The van der Waals surface area contributed by atoms with E-state index in [-0.39, 0.29) is 12.6 Å². The molecule has 1 atom stereocenters. The molecule has 2 aromatic rings. The van der Waals surface area contributed by atoms with Crippen molar-refractivity contribution < 1.29 is 5.11 Å². The molecule has 13 heavy (non-hydrogen) atoms. The Kier molecular flexibility index (Phi) is 1.96. The van der Waals surface area contributed by atoms with Gasteiger partial charge in [-0.25, -0.2) is 9.50 Å². The topological polar surface area (TPSA) is 76.4 Å². The maximum absolute atomic E-state index is 8.84. The summed E-state index contributed by atoms with van der Waals surface area (Å²) in [5.41, 5.74) is 7.25. The highest BCUT2D eigenvalue weighted by atomic mass is 16.3.